The highest BCUT2D eigenvalue weighted by molar-refractivity contribution is 5.82. The lowest BCUT2D eigenvalue weighted by molar-refractivity contribution is -0.177. The van der Waals surface area contributed by atoms with Crippen molar-refractivity contribution in [2.45, 2.75) is 90.9 Å². The summed E-state index contributed by atoms with van der Waals surface area (Å²) in [5.74, 6) is 0.848. The molecule has 0 fully saturated rings. The lowest BCUT2D eigenvalue weighted by Gasteiger charge is -2.45. The minimum atomic E-state index is -0.562. The van der Waals surface area contributed by atoms with Crippen LogP contribution in [0.2, 0.25) is 0 Å². The van der Waals surface area contributed by atoms with E-state index in [4.69, 9.17) is 14.2 Å². The number of fused-ring (bicyclic) bond motifs is 2. The average Bonchev–Trinajstić information content (AvgIpc) is 2.90. The van der Waals surface area contributed by atoms with Gasteiger partial charge < -0.3 is 19.5 Å². The SMILES string of the molecule is CC(C)OC1c2cc(NCc3ccc(C(C)(C)C)cc3)ccc2OC(C)(C)C1OCc1ccc2ccccc2c1. The zero-order chi connectivity index (χ0) is 28.5. The third-order valence-electron chi connectivity index (χ3n) is 7.63. The molecule has 0 saturated carbocycles. The predicted octanol–water partition coefficient (Wildman–Crippen LogP) is 8.97. The maximum atomic E-state index is 6.64. The summed E-state index contributed by atoms with van der Waals surface area (Å²) in [6.07, 6.45) is -0.502. The lowest BCUT2D eigenvalue weighted by Crippen LogP contribution is -2.51. The van der Waals surface area contributed by atoms with Crippen molar-refractivity contribution in [1.29, 1.82) is 0 Å². The summed E-state index contributed by atoms with van der Waals surface area (Å²) < 4.78 is 19.7. The quantitative estimate of drug-likeness (QED) is 0.243. The maximum Gasteiger partial charge on any atom is 0.132 e. The molecule has 0 aromatic heterocycles. The van der Waals surface area contributed by atoms with Crippen LogP contribution >= 0.6 is 0 Å². The van der Waals surface area contributed by atoms with E-state index in [1.165, 1.54) is 21.9 Å². The number of anilines is 1. The second kappa shape index (κ2) is 11.3. The van der Waals surface area contributed by atoms with E-state index in [0.717, 1.165) is 29.1 Å². The molecule has 0 radical (unpaired) electrons. The Kier molecular flexibility index (Phi) is 7.94. The standard InChI is InChI=1S/C36H43NO3/c1-24(2)39-33-31-21-30(37-22-25-13-16-29(17-14-25)35(3,4)5)18-19-32(31)40-36(6,7)34(33)38-23-26-12-15-27-10-8-9-11-28(27)20-26/h8-21,24,33-34,37H,22-23H2,1-7H3. The molecular weight excluding hydrogens is 494 g/mol. The van der Waals surface area contributed by atoms with Gasteiger partial charge in [0.1, 0.15) is 23.6 Å². The summed E-state index contributed by atoms with van der Waals surface area (Å²) in [7, 11) is 0. The van der Waals surface area contributed by atoms with Crippen LogP contribution in [-0.4, -0.2) is 17.8 Å². The fourth-order valence-corrected chi connectivity index (χ4v) is 5.41. The molecule has 1 heterocycles. The Morgan fingerprint density at radius 1 is 0.850 bits per heavy atom. The van der Waals surface area contributed by atoms with E-state index in [9.17, 15) is 0 Å². The summed E-state index contributed by atoms with van der Waals surface area (Å²) >= 11 is 0. The van der Waals surface area contributed by atoms with Crippen molar-refractivity contribution in [2.75, 3.05) is 5.32 Å². The van der Waals surface area contributed by atoms with Crippen LogP contribution in [0.5, 0.6) is 5.75 Å². The Labute approximate surface area is 239 Å². The molecule has 4 nitrogen and oxygen atoms in total. The molecule has 5 rings (SSSR count). The first kappa shape index (κ1) is 28.2. The van der Waals surface area contributed by atoms with Crippen LogP contribution in [0.25, 0.3) is 10.8 Å². The fourth-order valence-electron chi connectivity index (χ4n) is 5.41. The Balaban J connectivity index is 1.36. The van der Waals surface area contributed by atoms with Crippen molar-refractivity contribution in [3.63, 3.8) is 0 Å². The van der Waals surface area contributed by atoms with Crippen molar-refractivity contribution in [2.24, 2.45) is 0 Å². The van der Waals surface area contributed by atoms with Crippen LogP contribution in [0.1, 0.15) is 76.8 Å². The number of ether oxygens (including phenoxy) is 3. The van der Waals surface area contributed by atoms with Crippen LogP contribution in [-0.2, 0) is 28.0 Å². The van der Waals surface area contributed by atoms with Crippen LogP contribution in [0.3, 0.4) is 0 Å². The van der Waals surface area contributed by atoms with E-state index >= 15 is 0 Å². The average molecular weight is 538 g/mol. The van der Waals surface area contributed by atoms with Gasteiger partial charge in [0, 0.05) is 17.8 Å². The number of benzene rings is 4. The summed E-state index contributed by atoms with van der Waals surface area (Å²) in [6, 6.07) is 30.1. The van der Waals surface area contributed by atoms with Crippen LogP contribution < -0.4 is 10.1 Å². The van der Waals surface area contributed by atoms with Crippen LogP contribution in [0, 0.1) is 0 Å². The van der Waals surface area contributed by atoms with Gasteiger partial charge in [-0.25, -0.2) is 0 Å². The number of hydrogen-bond donors (Lipinski definition) is 1. The van der Waals surface area contributed by atoms with Crippen molar-refractivity contribution in [3.05, 3.63) is 107 Å². The minimum Gasteiger partial charge on any atom is -0.485 e. The molecule has 210 valence electrons. The molecule has 1 aliphatic heterocycles. The van der Waals surface area contributed by atoms with Gasteiger partial charge >= 0.3 is 0 Å². The van der Waals surface area contributed by atoms with Gasteiger partial charge in [-0.05, 0) is 84.8 Å². The molecule has 0 spiro atoms. The summed E-state index contributed by atoms with van der Waals surface area (Å²) in [5, 5.41) is 6.05. The first-order chi connectivity index (χ1) is 19.0. The van der Waals surface area contributed by atoms with E-state index in [1.54, 1.807) is 0 Å². The molecule has 4 aromatic carbocycles. The molecule has 1 N–H and O–H groups in total. The van der Waals surface area contributed by atoms with Gasteiger partial charge in [-0.3, -0.25) is 0 Å². The van der Waals surface area contributed by atoms with Crippen molar-refractivity contribution >= 4 is 16.5 Å². The van der Waals surface area contributed by atoms with Crippen molar-refractivity contribution in [1.82, 2.24) is 0 Å². The van der Waals surface area contributed by atoms with E-state index in [2.05, 4.69) is 139 Å². The van der Waals surface area contributed by atoms with Crippen LogP contribution in [0.4, 0.5) is 5.69 Å². The van der Waals surface area contributed by atoms with Crippen molar-refractivity contribution < 1.29 is 14.2 Å². The highest BCUT2D eigenvalue weighted by Crippen LogP contribution is 2.45. The van der Waals surface area contributed by atoms with E-state index in [-0.39, 0.29) is 23.7 Å². The molecule has 1 aliphatic rings. The number of rotatable bonds is 8. The molecule has 0 bridgehead atoms. The lowest BCUT2D eigenvalue weighted by atomic mass is 9.87. The zero-order valence-corrected chi connectivity index (χ0v) is 25.0. The normalized spacial score (nSPS) is 18.4. The van der Waals surface area contributed by atoms with Gasteiger partial charge in [-0.1, -0.05) is 81.4 Å². The maximum absolute atomic E-state index is 6.64. The number of hydrogen-bond acceptors (Lipinski definition) is 4. The Morgan fingerprint density at radius 2 is 1.55 bits per heavy atom. The van der Waals surface area contributed by atoms with Gasteiger partial charge in [0.15, 0.2) is 0 Å². The second-order valence-electron chi connectivity index (χ2n) is 12.8. The van der Waals surface area contributed by atoms with Gasteiger partial charge in [-0.2, -0.15) is 0 Å². The van der Waals surface area contributed by atoms with E-state index in [1.807, 2.05) is 0 Å². The molecule has 4 aromatic rings. The summed E-state index contributed by atoms with van der Waals surface area (Å²) in [4.78, 5) is 0. The third kappa shape index (κ3) is 6.35. The highest BCUT2D eigenvalue weighted by Gasteiger charge is 2.46. The molecule has 0 saturated heterocycles. The smallest absolute Gasteiger partial charge is 0.132 e. The minimum absolute atomic E-state index is 0.0384. The third-order valence-corrected chi connectivity index (χ3v) is 7.63. The molecule has 4 heteroatoms. The second-order valence-corrected chi connectivity index (χ2v) is 12.8. The predicted molar refractivity (Wildman–Crippen MR) is 165 cm³/mol. The first-order valence-corrected chi connectivity index (χ1v) is 14.4. The Hall–Kier alpha value is -3.34. The van der Waals surface area contributed by atoms with Crippen LogP contribution in [0.15, 0.2) is 84.9 Å². The Bertz CT molecular complexity index is 1450. The Morgan fingerprint density at radius 3 is 2.25 bits per heavy atom. The summed E-state index contributed by atoms with van der Waals surface area (Å²) in [5.41, 5.74) is 5.36. The molecule has 0 aliphatic carbocycles. The molecule has 40 heavy (non-hydrogen) atoms. The zero-order valence-electron chi connectivity index (χ0n) is 25.0. The molecule has 2 atom stereocenters. The first-order valence-electron chi connectivity index (χ1n) is 14.4. The van der Waals surface area contributed by atoms with Crippen molar-refractivity contribution in [3.8, 4) is 5.75 Å². The van der Waals surface area contributed by atoms with Gasteiger partial charge in [0.05, 0.1) is 12.7 Å². The van der Waals surface area contributed by atoms with E-state index < -0.39 is 5.60 Å². The van der Waals surface area contributed by atoms with Gasteiger partial charge in [-0.15, -0.1) is 0 Å². The molecule has 0 amide bonds. The summed E-state index contributed by atoms with van der Waals surface area (Å²) in [6.45, 7) is 16.3. The highest BCUT2D eigenvalue weighted by atomic mass is 16.6. The van der Waals surface area contributed by atoms with Gasteiger partial charge in [0.2, 0.25) is 0 Å². The largest absolute Gasteiger partial charge is 0.485 e. The topological polar surface area (TPSA) is 39.7 Å². The number of nitrogens with one attached hydrogen (secondary N) is 1. The molecular formula is C36H43NO3. The molecule has 2 unspecified atom stereocenters. The monoisotopic (exact) mass is 537 g/mol. The fraction of sp³-hybridized carbons (Fsp3) is 0.389. The van der Waals surface area contributed by atoms with Gasteiger partial charge in [0.25, 0.3) is 0 Å². The van der Waals surface area contributed by atoms with E-state index in [0.29, 0.717) is 6.61 Å².